The summed E-state index contributed by atoms with van der Waals surface area (Å²) in [5.41, 5.74) is 0.957. The largest absolute Gasteiger partial charge is 0.387 e. The average Bonchev–Trinajstić information content (AvgIpc) is 2.24. The zero-order chi connectivity index (χ0) is 19.0. The van der Waals surface area contributed by atoms with Gasteiger partial charge in [-0.15, -0.1) is 0 Å². The van der Waals surface area contributed by atoms with Gasteiger partial charge in [-0.2, -0.15) is 0 Å². The van der Waals surface area contributed by atoms with Gasteiger partial charge in [-0.3, -0.25) is 8.22 Å². The lowest BCUT2D eigenvalue weighted by molar-refractivity contribution is 0.631. The lowest BCUT2D eigenvalue weighted by Crippen LogP contribution is -2.79. The van der Waals surface area contributed by atoms with Gasteiger partial charge in [0.25, 0.3) is 0 Å². The summed E-state index contributed by atoms with van der Waals surface area (Å²) in [7, 11) is -9.79. The van der Waals surface area contributed by atoms with Crippen molar-refractivity contribution in [3.05, 3.63) is 0 Å². The van der Waals surface area contributed by atoms with E-state index in [9.17, 15) is 0 Å². The number of rotatable bonds is 8. The molecule has 23 heavy (non-hydrogen) atoms. The Kier molecular flexibility index (Phi) is 7.99. The fraction of sp³-hybridized carbons (Fsp3) is 1.00. The average molecular weight is 381 g/mol. The van der Waals surface area contributed by atoms with Crippen molar-refractivity contribution in [2.24, 2.45) is 0 Å². The zero-order valence-electron chi connectivity index (χ0n) is 17.7. The van der Waals surface area contributed by atoms with Crippen LogP contribution in [0.3, 0.4) is 0 Å². The molecule has 0 aromatic rings. The third kappa shape index (κ3) is 3.19. The fourth-order valence-corrected chi connectivity index (χ4v) is 57.3. The van der Waals surface area contributed by atoms with Gasteiger partial charge in [0.1, 0.15) is 15.2 Å². The highest BCUT2D eigenvalue weighted by molar-refractivity contribution is 7.66. The van der Waals surface area contributed by atoms with Crippen molar-refractivity contribution in [1.29, 1.82) is 0 Å². The molecule has 0 nitrogen and oxygen atoms in total. The minimum Gasteiger partial charge on any atom is -0.280 e. The molecule has 0 spiro atoms. The second kappa shape index (κ2) is 7.81. The number of hydrogen-bond donors (Lipinski definition) is 0. The second-order valence-electron chi connectivity index (χ2n) is 9.37. The van der Waals surface area contributed by atoms with E-state index in [1.165, 1.54) is 0 Å². The first-order valence-electron chi connectivity index (χ1n) is 9.54. The Morgan fingerprint density at radius 2 is 0.522 bits per heavy atom. The van der Waals surface area contributed by atoms with Crippen molar-refractivity contribution in [2.45, 2.75) is 116 Å². The van der Waals surface area contributed by atoms with Crippen molar-refractivity contribution < 1.29 is 8.22 Å². The van der Waals surface area contributed by atoms with Crippen molar-refractivity contribution in [2.75, 3.05) is 0 Å². The molecule has 0 heterocycles. The van der Waals surface area contributed by atoms with E-state index in [4.69, 9.17) is 0 Å². The Hall–Kier alpha value is 0.511. The molecule has 140 valence electrons. The smallest absolute Gasteiger partial charge is 0.280 e. The van der Waals surface area contributed by atoms with Crippen molar-refractivity contribution in [3.63, 3.8) is 0 Å². The van der Waals surface area contributed by atoms with Crippen LogP contribution < -0.4 is 0 Å². The Balaban J connectivity index is 6.86. The predicted molar refractivity (Wildman–Crippen MR) is 110 cm³/mol. The Labute approximate surface area is 147 Å². The molecule has 0 bridgehead atoms. The molecule has 0 aromatic carbocycles. The molecule has 0 aliphatic heterocycles. The van der Waals surface area contributed by atoms with Gasteiger partial charge in [0.05, 0.1) is 0 Å². The van der Waals surface area contributed by atoms with Gasteiger partial charge in [0.15, 0.2) is 0 Å². The van der Waals surface area contributed by atoms with Gasteiger partial charge in [0.2, 0.25) is 0 Å². The highest BCUT2D eigenvalue weighted by atomic mass is 29.7. The van der Waals surface area contributed by atoms with Crippen LogP contribution in [0.2, 0.25) is 33.2 Å². The maximum Gasteiger partial charge on any atom is 0.387 e. The third-order valence-electron chi connectivity index (χ3n) is 6.82. The first-order chi connectivity index (χ1) is 10.2. The predicted octanol–water partition coefficient (Wildman–Crippen LogP) is 7.88. The molecule has 0 aliphatic carbocycles. The summed E-state index contributed by atoms with van der Waals surface area (Å²) >= 11 is 0. The van der Waals surface area contributed by atoms with E-state index in [2.05, 4.69) is 83.1 Å². The number of hydrogen-bond acceptors (Lipinski definition) is 0. The standard InChI is InChI=1S/C18H42F2Si3/c1-13(2)21(14(3)4,15(5)6)23(19,20)22(16(7)8,17(9)10)18(11)12/h13-18H,1-12H3. The first-order valence-corrected chi connectivity index (χ1v) is 17.8. The van der Waals surface area contributed by atoms with Crippen molar-refractivity contribution in [3.8, 4) is 0 Å². The van der Waals surface area contributed by atoms with E-state index in [0.29, 0.717) is 0 Å². The monoisotopic (exact) mass is 380 g/mol. The van der Waals surface area contributed by atoms with E-state index < -0.39 is 23.0 Å². The molecule has 0 N–H and O–H groups in total. The molecular weight excluding hydrogens is 338 g/mol. The molecule has 0 saturated carbocycles. The summed E-state index contributed by atoms with van der Waals surface area (Å²) in [6.45, 7) is 25.3. The molecule has 0 rings (SSSR count). The van der Waals surface area contributed by atoms with E-state index in [0.717, 1.165) is 0 Å². The van der Waals surface area contributed by atoms with Gasteiger partial charge >= 0.3 is 7.78 Å². The van der Waals surface area contributed by atoms with Crippen LogP contribution in [0.25, 0.3) is 0 Å². The van der Waals surface area contributed by atoms with Crippen LogP contribution in [0.15, 0.2) is 0 Å². The summed E-state index contributed by atoms with van der Waals surface area (Å²) in [4.78, 5) is 0. The highest BCUT2D eigenvalue weighted by Crippen LogP contribution is 2.58. The van der Waals surface area contributed by atoms with Crippen LogP contribution in [0.4, 0.5) is 8.22 Å². The minimum atomic E-state index is -4.36. The Morgan fingerprint density at radius 1 is 0.391 bits per heavy atom. The van der Waals surface area contributed by atoms with Gasteiger partial charge in [-0.05, 0) is 33.2 Å². The summed E-state index contributed by atoms with van der Waals surface area (Å²) in [6.07, 6.45) is 0. The molecule has 0 radical (unpaired) electrons. The van der Waals surface area contributed by atoms with Gasteiger partial charge in [0, 0.05) is 0 Å². The second-order valence-corrected chi connectivity index (χ2v) is 31.6. The SMILES string of the molecule is CC(C)[Si](C(C)C)(C(C)C)[Si](F)(F)[Si](C(C)C)(C(C)C)C(C)C. The molecule has 0 fully saturated rings. The van der Waals surface area contributed by atoms with Crippen LogP contribution in [0, 0.1) is 0 Å². The summed E-state index contributed by atoms with van der Waals surface area (Å²) in [5, 5.41) is 0. The van der Waals surface area contributed by atoms with E-state index in [1.807, 2.05) is 0 Å². The van der Waals surface area contributed by atoms with Crippen LogP contribution in [-0.4, -0.2) is 23.0 Å². The lowest BCUT2D eigenvalue weighted by Gasteiger charge is -2.57. The summed E-state index contributed by atoms with van der Waals surface area (Å²) < 4.78 is 33.7. The molecule has 0 atom stereocenters. The molecule has 0 aromatic heterocycles. The van der Waals surface area contributed by atoms with Crippen LogP contribution in [-0.2, 0) is 0 Å². The topological polar surface area (TPSA) is 0 Å². The van der Waals surface area contributed by atoms with Crippen molar-refractivity contribution in [1.82, 2.24) is 0 Å². The Morgan fingerprint density at radius 3 is 0.609 bits per heavy atom. The minimum absolute atomic E-state index is 0.160. The fourth-order valence-electron chi connectivity index (χ4n) is 6.55. The van der Waals surface area contributed by atoms with Gasteiger partial charge in [-0.25, -0.2) is 0 Å². The molecule has 0 amide bonds. The van der Waals surface area contributed by atoms with E-state index in [1.54, 1.807) is 0 Å². The van der Waals surface area contributed by atoms with Gasteiger partial charge < -0.3 is 0 Å². The quantitative estimate of drug-likeness (QED) is 0.296. The molecule has 5 heteroatoms. The normalized spacial score (nSPS) is 15.1. The van der Waals surface area contributed by atoms with Crippen molar-refractivity contribution >= 4 is 23.0 Å². The summed E-state index contributed by atoms with van der Waals surface area (Å²) in [5.74, 6) is 0. The van der Waals surface area contributed by atoms with Crippen LogP contribution >= 0.6 is 0 Å². The first kappa shape index (κ1) is 23.5. The van der Waals surface area contributed by atoms with Crippen LogP contribution in [0.1, 0.15) is 83.1 Å². The van der Waals surface area contributed by atoms with Gasteiger partial charge in [-0.1, -0.05) is 83.1 Å². The molecule has 0 saturated heterocycles. The molecule has 0 unspecified atom stereocenters. The van der Waals surface area contributed by atoms with Crippen LogP contribution in [0.5, 0.6) is 0 Å². The molecule has 0 aliphatic rings. The number of halogens is 2. The zero-order valence-corrected chi connectivity index (χ0v) is 20.7. The maximum atomic E-state index is 16.8. The highest BCUT2D eigenvalue weighted by Gasteiger charge is 2.76. The maximum absolute atomic E-state index is 16.8. The lowest BCUT2D eigenvalue weighted by atomic mass is 10.5. The third-order valence-corrected chi connectivity index (χ3v) is 45.2. The van der Waals surface area contributed by atoms with E-state index in [-0.39, 0.29) is 33.2 Å². The molecular formula is C18H42F2Si3. The summed E-state index contributed by atoms with van der Waals surface area (Å²) in [6, 6.07) is 0. The Bertz CT molecular complexity index is 297. The van der Waals surface area contributed by atoms with E-state index >= 15 is 8.22 Å².